The molecule has 160 valence electrons. The van der Waals surface area contributed by atoms with Crippen molar-refractivity contribution in [1.82, 2.24) is 0 Å². The van der Waals surface area contributed by atoms with E-state index in [1.165, 1.54) is 46.7 Å². The van der Waals surface area contributed by atoms with Crippen LogP contribution in [-0.4, -0.2) is 19.4 Å². The van der Waals surface area contributed by atoms with Crippen LogP contribution >= 0.6 is 0 Å². The van der Waals surface area contributed by atoms with Crippen LogP contribution in [0.5, 0.6) is 0 Å². The molecule has 5 rings (SSSR count). The molecule has 31 heavy (non-hydrogen) atoms. The average Bonchev–Trinajstić information content (AvgIpc) is 3.35. The summed E-state index contributed by atoms with van der Waals surface area (Å²) in [6, 6.07) is 15.5. The molecule has 0 radical (unpaired) electrons. The summed E-state index contributed by atoms with van der Waals surface area (Å²) in [6.07, 6.45) is 15.4. The van der Waals surface area contributed by atoms with Gasteiger partial charge in [0.25, 0.3) is 0 Å². The number of allylic oxidation sites excluding steroid dienone is 4. The van der Waals surface area contributed by atoms with Gasteiger partial charge in [0.2, 0.25) is 0 Å². The van der Waals surface area contributed by atoms with E-state index >= 15 is 0 Å². The summed E-state index contributed by atoms with van der Waals surface area (Å²) in [5.41, 5.74) is 5.77. The Bertz CT molecular complexity index is 923. The number of fused-ring (bicyclic) bond motifs is 3. The van der Waals surface area contributed by atoms with E-state index in [0.29, 0.717) is 0 Å². The van der Waals surface area contributed by atoms with Crippen molar-refractivity contribution in [2.45, 2.75) is 71.4 Å². The first-order valence-corrected chi connectivity index (χ1v) is 19.8. The average molecular weight is 520 g/mol. The van der Waals surface area contributed by atoms with Crippen molar-refractivity contribution in [3.05, 3.63) is 71.8 Å². The van der Waals surface area contributed by atoms with Gasteiger partial charge in [0.05, 0.1) is 16.1 Å². The molecule has 1 fully saturated rings. The third-order valence-electron chi connectivity index (χ3n) is 6.01. The molecular formula is C28H36Si2Zr. The van der Waals surface area contributed by atoms with Crippen LogP contribution in [0.1, 0.15) is 36.8 Å². The molecule has 0 heterocycles. The molecular weight excluding hydrogens is 484 g/mol. The van der Waals surface area contributed by atoms with Gasteiger partial charge in [0, 0.05) is 0 Å². The van der Waals surface area contributed by atoms with Gasteiger partial charge in [0.15, 0.2) is 0 Å². The Hall–Kier alpha value is -0.893. The summed E-state index contributed by atoms with van der Waals surface area (Å²) in [5.74, 6) is 0. The molecule has 0 N–H and O–H groups in total. The van der Waals surface area contributed by atoms with Crippen molar-refractivity contribution in [3.63, 3.8) is 0 Å². The Morgan fingerprint density at radius 1 is 0.871 bits per heavy atom. The molecule has 2 aromatic carbocycles. The van der Waals surface area contributed by atoms with Crippen LogP contribution in [0.4, 0.5) is 0 Å². The van der Waals surface area contributed by atoms with Gasteiger partial charge >= 0.3 is 46.7 Å². The Morgan fingerprint density at radius 3 is 2.00 bits per heavy atom. The van der Waals surface area contributed by atoms with Gasteiger partial charge in [-0.3, -0.25) is 6.08 Å². The fourth-order valence-corrected chi connectivity index (χ4v) is 6.89. The predicted octanol–water partition coefficient (Wildman–Crippen LogP) is 6.34. The molecule has 3 aliphatic carbocycles. The first kappa shape index (κ1) is 24.7. The van der Waals surface area contributed by atoms with Gasteiger partial charge in [-0.05, 0) is 6.42 Å². The minimum absolute atomic E-state index is 1.01. The molecule has 3 aliphatic rings. The second-order valence-corrected chi connectivity index (χ2v) is 22.6. The SMILES string of the molecule is C[Si](C)(C)c1[c-]c2c(cc1)-c1ccc([Si](C)(C)C)cc1C2.[C-]1=CC=CC1.[Zr+2]=[C]1CCC1. The molecule has 0 aromatic heterocycles. The molecule has 0 spiro atoms. The predicted molar refractivity (Wildman–Crippen MR) is 140 cm³/mol. The van der Waals surface area contributed by atoms with Crippen molar-refractivity contribution in [2.75, 3.05) is 0 Å². The minimum atomic E-state index is -1.27. The van der Waals surface area contributed by atoms with Gasteiger partial charge in [0.1, 0.15) is 0 Å². The van der Waals surface area contributed by atoms with Crippen molar-refractivity contribution in [2.24, 2.45) is 0 Å². The normalized spacial score (nSPS) is 15.9. The standard InChI is InChI=1S/C19H25Si2.C5H5.C4H6.Zr/c1-20(2,3)16-7-9-18-14(12-16)11-15-13-17(21(4,5)6)8-10-19(15)18;1-2-4-5-3-1;1-2-4-3-1;/h7-10,12H,11H2,1-6H3;1-3H,4H2;1-3H2;/q2*-1;;+2. The summed E-state index contributed by atoms with van der Waals surface area (Å²) >= 11 is 1.67. The third-order valence-corrected chi connectivity index (χ3v) is 11.2. The first-order valence-electron chi connectivity index (χ1n) is 11.5. The van der Waals surface area contributed by atoms with E-state index in [2.05, 4.69) is 87.8 Å². The van der Waals surface area contributed by atoms with Crippen LogP contribution < -0.4 is 10.4 Å². The molecule has 0 unspecified atom stereocenters. The summed E-state index contributed by atoms with van der Waals surface area (Å²) in [5, 5.41) is 3.03. The van der Waals surface area contributed by atoms with Crippen LogP contribution in [0.15, 0.2) is 48.6 Å². The molecule has 2 aromatic rings. The first-order chi connectivity index (χ1) is 14.6. The Labute approximate surface area is 207 Å². The van der Waals surface area contributed by atoms with E-state index in [9.17, 15) is 0 Å². The van der Waals surface area contributed by atoms with E-state index in [1.54, 1.807) is 32.6 Å². The van der Waals surface area contributed by atoms with Gasteiger partial charge in [-0.25, -0.2) is 12.2 Å². The molecule has 0 atom stereocenters. The zero-order valence-electron chi connectivity index (χ0n) is 20.2. The number of hydrogen-bond donors (Lipinski definition) is 0. The van der Waals surface area contributed by atoms with E-state index in [1.807, 2.05) is 12.2 Å². The number of hydrogen-bond acceptors (Lipinski definition) is 0. The van der Waals surface area contributed by atoms with Crippen LogP contribution in [0.25, 0.3) is 11.1 Å². The fraction of sp³-hybridized carbons (Fsp3) is 0.393. The zero-order valence-corrected chi connectivity index (χ0v) is 24.6. The van der Waals surface area contributed by atoms with Crippen LogP contribution in [-0.2, 0) is 30.7 Å². The van der Waals surface area contributed by atoms with E-state index < -0.39 is 16.1 Å². The van der Waals surface area contributed by atoms with Crippen LogP contribution in [0, 0.1) is 12.1 Å². The van der Waals surface area contributed by atoms with Crippen molar-refractivity contribution < 1.29 is 24.2 Å². The van der Waals surface area contributed by atoms with E-state index in [4.69, 9.17) is 0 Å². The van der Waals surface area contributed by atoms with Crippen molar-refractivity contribution in [3.8, 4) is 11.1 Å². The molecule has 0 nitrogen and oxygen atoms in total. The second-order valence-electron chi connectivity index (χ2n) is 10.8. The molecule has 0 amide bonds. The third kappa shape index (κ3) is 6.79. The van der Waals surface area contributed by atoms with Crippen molar-refractivity contribution in [1.29, 1.82) is 0 Å². The Kier molecular flexibility index (Phi) is 8.27. The van der Waals surface area contributed by atoms with E-state index in [0.717, 1.165) is 12.8 Å². The van der Waals surface area contributed by atoms with Crippen LogP contribution in [0.3, 0.4) is 0 Å². The second kappa shape index (κ2) is 10.4. The van der Waals surface area contributed by atoms with Crippen LogP contribution in [0.2, 0.25) is 39.3 Å². The summed E-state index contributed by atoms with van der Waals surface area (Å²) in [7, 11) is -2.49. The van der Waals surface area contributed by atoms with Gasteiger partial charge in [-0.2, -0.15) is 35.0 Å². The molecule has 1 saturated carbocycles. The Morgan fingerprint density at radius 2 is 1.55 bits per heavy atom. The van der Waals surface area contributed by atoms with Crippen molar-refractivity contribution >= 4 is 29.7 Å². The van der Waals surface area contributed by atoms with E-state index in [-0.39, 0.29) is 0 Å². The summed E-state index contributed by atoms with van der Waals surface area (Å²) in [4.78, 5) is 0. The topological polar surface area (TPSA) is 0 Å². The number of benzene rings is 2. The molecule has 0 aliphatic heterocycles. The molecule has 0 saturated heterocycles. The fourth-order valence-electron chi connectivity index (χ4n) is 3.72. The quantitative estimate of drug-likeness (QED) is 0.274. The molecule has 3 heteroatoms. The van der Waals surface area contributed by atoms with Gasteiger partial charge in [-0.15, -0.1) is 12.0 Å². The summed E-state index contributed by atoms with van der Waals surface area (Å²) < 4.78 is 1.78. The van der Waals surface area contributed by atoms with Gasteiger partial charge < -0.3 is 0 Å². The monoisotopic (exact) mass is 518 g/mol. The maximum absolute atomic E-state index is 3.74. The van der Waals surface area contributed by atoms with Gasteiger partial charge in [-0.1, -0.05) is 73.8 Å². The summed E-state index contributed by atoms with van der Waals surface area (Å²) in [6.45, 7) is 14.5. The maximum atomic E-state index is 3.74. The Balaban J connectivity index is 0.000000221. The zero-order chi connectivity index (χ0) is 22.6. The number of rotatable bonds is 2. The molecule has 0 bridgehead atoms.